The zero-order valence-corrected chi connectivity index (χ0v) is 15.2. The number of rotatable bonds is 8. The van der Waals surface area contributed by atoms with Gasteiger partial charge in [0.05, 0.1) is 23.0 Å². The van der Waals surface area contributed by atoms with E-state index in [0.29, 0.717) is 25.4 Å². The highest BCUT2D eigenvalue weighted by atomic mass is 32.2. The topological polar surface area (TPSA) is 114 Å². The maximum Gasteiger partial charge on any atom is 0.293 e. The van der Waals surface area contributed by atoms with Crippen molar-refractivity contribution < 1.29 is 18.1 Å². The molecule has 0 saturated carbocycles. The Morgan fingerprint density at radius 3 is 2.60 bits per heavy atom. The van der Waals surface area contributed by atoms with Crippen molar-refractivity contribution in [2.45, 2.75) is 24.8 Å². The lowest BCUT2D eigenvalue weighted by Crippen LogP contribution is -2.39. The van der Waals surface area contributed by atoms with Gasteiger partial charge >= 0.3 is 0 Å². The molecule has 140 valence electrons. The fourth-order valence-electron chi connectivity index (χ4n) is 2.53. The summed E-state index contributed by atoms with van der Waals surface area (Å²) in [7, 11) is -3.77. The Kier molecular flexibility index (Phi) is 6.71. The molecule has 2 N–H and O–H groups in total. The van der Waals surface area contributed by atoms with E-state index in [1.54, 1.807) is 13.8 Å². The van der Waals surface area contributed by atoms with E-state index in [9.17, 15) is 18.5 Å². The molecule has 1 aliphatic heterocycles. The predicted octanol–water partition coefficient (Wildman–Crippen LogP) is 1.03. The van der Waals surface area contributed by atoms with Gasteiger partial charge in [0.15, 0.2) is 0 Å². The number of morpholine rings is 1. The summed E-state index contributed by atoms with van der Waals surface area (Å²) in [6.45, 7) is 7.68. The molecule has 0 bridgehead atoms. The molecule has 0 radical (unpaired) electrons. The normalized spacial score (nSPS) is 16.1. The number of nitrogens with one attached hydrogen (secondary N) is 2. The summed E-state index contributed by atoms with van der Waals surface area (Å²) in [5.41, 5.74) is 0.0513. The molecule has 0 amide bonds. The Hall–Kier alpha value is -1.75. The molecule has 1 heterocycles. The summed E-state index contributed by atoms with van der Waals surface area (Å²) in [6, 6.07) is 3.60. The number of hydrogen-bond acceptors (Lipinski definition) is 7. The zero-order chi connectivity index (χ0) is 18.4. The second kappa shape index (κ2) is 8.56. The van der Waals surface area contributed by atoms with E-state index in [0.717, 1.165) is 25.7 Å². The van der Waals surface area contributed by atoms with E-state index in [4.69, 9.17) is 4.74 Å². The second-order valence-electron chi connectivity index (χ2n) is 6.09. The van der Waals surface area contributed by atoms with E-state index < -0.39 is 14.9 Å². The van der Waals surface area contributed by atoms with E-state index in [-0.39, 0.29) is 16.6 Å². The van der Waals surface area contributed by atoms with E-state index >= 15 is 0 Å². The van der Waals surface area contributed by atoms with Crippen molar-refractivity contribution >= 4 is 21.4 Å². The van der Waals surface area contributed by atoms with Gasteiger partial charge in [-0.05, 0) is 26.0 Å². The Bertz CT molecular complexity index is 702. The molecule has 1 aliphatic rings. The molecular weight excluding hydrogens is 348 g/mol. The SMILES string of the molecule is CC(C)NS(=O)(=O)c1ccc(NCCN2CCOCC2)c([N+](=O)[O-])c1. The van der Waals surface area contributed by atoms with Crippen molar-refractivity contribution in [1.29, 1.82) is 0 Å². The van der Waals surface area contributed by atoms with Crippen LogP contribution in [0.4, 0.5) is 11.4 Å². The van der Waals surface area contributed by atoms with Crippen LogP contribution in [-0.4, -0.2) is 63.7 Å². The Morgan fingerprint density at radius 2 is 2.00 bits per heavy atom. The molecule has 0 aromatic heterocycles. The summed E-state index contributed by atoms with van der Waals surface area (Å²) in [4.78, 5) is 12.8. The average Bonchev–Trinajstić information content (AvgIpc) is 2.54. The van der Waals surface area contributed by atoms with Crippen LogP contribution in [0.2, 0.25) is 0 Å². The summed E-state index contributed by atoms with van der Waals surface area (Å²) < 4.78 is 32.0. The van der Waals surface area contributed by atoms with E-state index in [1.807, 2.05) is 0 Å². The first-order chi connectivity index (χ1) is 11.8. The standard InChI is InChI=1S/C15H24N4O5S/c1-12(2)17-25(22,23)13-3-4-14(15(11-13)19(20)21)16-5-6-18-7-9-24-10-8-18/h3-4,11-12,16-17H,5-10H2,1-2H3. The molecule has 0 aliphatic carbocycles. The van der Waals surface area contributed by atoms with Crippen molar-refractivity contribution in [2.75, 3.05) is 44.7 Å². The number of nitro groups is 1. The van der Waals surface area contributed by atoms with Gasteiger partial charge in [0.25, 0.3) is 5.69 Å². The monoisotopic (exact) mass is 372 g/mol. The highest BCUT2D eigenvalue weighted by Crippen LogP contribution is 2.27. The summed E-state index contributed by atoms with van der Waals surface area (Å²) in [6.07, 6.45) is 0. The summed E-state index contributed by atoms with van der Waals surface area (Å²) in [5.74, 6) is 0. The molecule has 0 atom stereocenters. The molecule has 10 heteroatoms. The van der Waals surface area contributed by atoms with Crippen molar-refractivity contribution in [3.05, 3.63) is 28.3 Å². The van der Waals surface area contributed by atoms with Crippen LogP contribution in [0.1, 0.15) is 13.8 Å². The molecule has 1 saturated heterocycles. The minimum Gasteiger partial charge on any atom is -0.379 e. The average molecular weight is 372 g/mol. The third-order valence-corrected chi connectivity index (χ3v) is 5.37. The molecule has 1 fully saturated rings. The smallest absolute Gasteiger partial charge is 0.293 e. The fourth-order valence-corrected chi connectivity index (χ4v) is 3.80. The number of nitrogens with zero attached hydrogens (tertiary/aromatic N) is 2. The van der Waals surface area contributed by atoms with E-state index in [2.05, 4.69) is 14.9 Å². The molecule has 25 heavy (non-hydrogen) atoms. The van der Waals surface area contributed by atoms with Gasteiger partial charge in [-0.2, -0.15) is 0 Å². The van der Waals surface area contributed by atoms with Crippen LogP contribution >= 0.6 is 0 Å². The number of anilines is 1. The number of ether oxygens (including phenoxy) is 1. The fraction of sp³-hybridized carbons (Fsp3) is 0.600. The number of nitro benzene ring substituents is 1. The molecule has 1 aromatic carbocycles. The lowest BCUT2D eigenvalue weighted by atomic mass is 10.2. The third kappa shape index (κ3) is 5.63. The van der Waals surface area contributed by atoms with Gasteiger partial charge in [-0.1, -0.05) is 0 Å². The van der Waals surface area contributed by atoms with E-state index in [1.165, 1.54) is 12.1 Å². The maximum atomic E-state index is 12.2. The van der Waals surface area contributed by atoms with Gasteiger partial charge < -0.3 is 10.1 Å². The van der Waals surface area contributed by atoms with Crippen LogP contribution in [0.15, 0.2) is 23.1 Å². The Morgan fingerprint density at radius 1 is 1.32 bits per heavy atom. The largest absolute Gasteiger partial charge is 0.379 e. The van der Waals surface area contributed by atoms with Gasteiger partial charge in [0.2, 0.25) is 10.0 Å². The predicted molar refractivity (Wildman–Crippen MR) is 94.3 cm³/mol. The van der Waals surface area contributed by atoms with Crippen molar-refractivity contribution in [3.63, 3.8) is 0 Å². The maximum absolute atomic E-state index is 12.2. The molecule has 1 aromatic rings. The second-order valence-corrected chi connectivity index (χ2v) is 7.81. The van der Waals surface area contributed by atoms with Crippen LogP contribution < -0.4 is 10.0 Å². The van der Waals surface area contributed by atoms with Crippen LogP contribution in [0.5, 0.6) is 0 Å². The highest BCUT2D eigenvalue weighted by molar-refractivity contribution is 7.89. The summed E-state index contributed by atoms with van der Waals surface area (Å²) >= 11 is 0. The summed E-state index contributed by atoms with van der Waals surface area (Å²) in [5, 5.41) is 14.3. The lowest BCUT2D eigenvalue weighted by molar-refractivity contribution is -0.384. The molecule has 0 spiro atoms. The van der Waals surface area contributed by atoms with Crippen LogP contribution in [0, 0.1) is 10.1 Å². The van der Waals surface area contributed by atoms with Crippen molar-refractivity contribution in [2.24, 2.45) is 0 Å². The Balaban J connectivity index is 2.09. The molecular formula is C15H24N4O5S. The number of hydrogen-bond donors (Lipinski definition) is 2. The van der Waals surface area contributed by atoms with Gasteiger partial charge in [-0.15, -0.1) is 0 Å². The van der Waals surface area contributed by atoms with Gasteiger partial charge in [-0.25, -0.2) is 13.1 Å². The number of sulfonamides is 1. The minimum absolute atomic E-state index is 0.119. The van der Waals surface area contributed by atoms with Crippen LogP contribution in [0.3, 0.4) is 0 Å². The Labute approximate surface area is 147 Å². The van der Waals surface area contributed by atoms with Crippen LogP contribution in [-0.2, 0) is 14.8 Å². The van der Waals surface area contributed by atoms with Crippen molar-refractivity contribution in [1.82, 2.24) is 9.62 Å². The number of benzene rings is 1. The first kappa shape index (κ1) is 19.6. The minimum atomic E-state index is -3.77. The molecule has 2 rings (SSSR count). The van der Waals surface area contributed by atoms with Gasteiger partial charge in [-0.3, -0.25) is 15.0 Å². The van der Waals surface area contributed by atoms with Gasteiger partial charge in [0.1, 0.15) is 5.69 Å². The highest BCUT2D eigenvalue weighted by Gasteiger charge is 2.22. The van der Waals surface area contributed by atoms with Gasteiger partial charge in [0, 0.05) is 38.3 Å². The molecule has 9 nitrogen and oxygen atoms in total. The zero-order valence-electron chi connectivity index (χ0n) is 14.4. The lowest BCUT2D eigenvalue weighted by Gasteiger charge is -2.26. The first-order valence-electron chi connectivity index (χ1n) is 8.14. The van der Waals surface area contributed by atoms with Crippen molar-refractivity contribution in [3.8, 4) is 0 Å². The quantitative estimate of drug-likeness (QED) is 0.517. The van der Waals surface area contributed by atoms with Crippen LogP contribution in [0.25, 0.3) is 0 Å². The third-order valence-electron chi connectivity index (χ3n) is 3.71. The molecule has 0 unspecified atom stereocenters. The first-order valence-corrected chi connectivity index (χ1v) is 9.62.